The van der Waals surface area contributed by atoms with Crippen LogP contribution in [0.2, 0.25) is 0 Å². The number of nitrogens with two attached hydrogens (primary N) is 3. The lowest BCUT2D eigenvalue weighted by molar-refractivity contribution is -0.142. The molecule has 3 aromatic carbocycles. The van der Waals surface area contributed by atoms with Crippen LogP contribution in [0, 0.1) is 30.1 Å². The predicted molar refractivity (Wildman–Crippen MR) is 261 cm³/mol. The molecule has 15 heteroatoms. The van der Waals surface area contributed by atoms with Crippen LogP contribution < -0.4 is 32.0 Å². The molecule has 2 amide bonds. The van der Waals surface area contributed by atoms with E-state index in [9.17, 15) is 29.2 Å². The van der Waals surface area contributed by atoms with Gasteiger partial charge in [-0.1, -0.05) is 64.1 Å². The maximum absolute atomic E-state index is 14.9. The zero-order chi connectivity index (χ0) is 49.3. The Bertz CT molecular complexity index is 2700. The molecule has 0 unspecified atom stereocenters. The van der Waals surface area contributed by atoms with Gasteiger partial charge in [0.25, 0.3) is 0 Å². The highest BCUT2D eigenvalue weighted by atomic mass is 16.5. The predicted octanol–water partition coefficient (Wildman–Crippen LogP) is 6.20. The lowest BCUT2D eigenvalue weighted by Gasteiger charge is -2.32. The topological polar surface area (TPSA) is 238 Å². The van der Waals surface area contributed by atoms with E-state index in [-0.39, 0.29) is 88.4 Å². The summed E-state index contributed by atoms with van der Waals surface area (Å²) in [6, 6.07) is 22.5. The van der Waals surface area contributed by atoms with Crippen LogP contribution in [-0.2, 0) is 31.0 Å². The number of imidazole rings is 1. The van der Waals surface area contributed by atoms with Crippen molar-refractivity contribution in [3.05, 3.63) is 107 Å². The summed E-state index contributed by atoms with van der Waals surface area (Å²) in [5.74, 6) is -3.11. The Balaban J connectivity index is 1.39. The van der Waals surface area contributed by atoms with Crippen LogP contribution >= 0.6 is 0 Å². The van der Waals surface area contributed by atoms with E-state index in [1.807, 2.05) is 30.5 Å². The second kappa shape index (κ2) is 22.4. The minimum atomic E-state index is -1.24. The molecule has 4 atom stereocenters. The number of aromatic nitrogens is 2. The molecule has 6 rings (SSSR count). The molecule has 0 spiro atoms. The van der Waals surface area contributed by atoms with Gasteiger partial charge < -0.3 is 36.9 Å². The Morgan fingerprint density at radius 3 is 2.19 bits per heavy atom. The Labute approximate surface area is 398 Å². The normalized spacial score (nSPS) is 16.9. The molecule has 4 bridgehead atoms. The summed E-state index contributed by atoms with van der Waals surface area (Å²) >= 11 is 0. The van der Waals surface area contributed by atoms with Crippen LogP contribution in [0.1, 0.15) is 98.7 Å². The Morgan fingerprint density at radius 2 is 1.56 bits per heavy atom. The highest BCUT2D eigenvalue weighted by molar-refractivity contribution is 6.00. The number of nitriles is 1. The molecule has 7 N–H and O–H groups in total. The number of nitrogens with zero attached hydrogens (tertiary/aromatic N) is 4. The van der Waals surface area contributed by atoms with E-state index in [0.29, 0.717) is 50.8 Å². The van der Waals surface area contributed by atoms with Crippen LogP contribution in [0.15, 0.2) is 79.0 Å². The number of amides is 2. The van der Waals surface area contributed by atoms with Crippen LogP contribution in [0.4, 0.5) is 0 Å². The van der Waals surface area contributed by atoms with Gasteiger partial charge in [0.05, 0.1) is 17.8 Å². The number of ketones is 3. The third-order valence-corrected chi connectivity index (χ3v) is 12.5. The van der Waals surface area contributed by atoms with E-state index in [2.05, 4.69) is 50.4 Å². The fraction of sp³-hybridized carbons (Fsp3) is 0.415. The Kier molecular flexibility index (Phi) is 16.7. The van der Waals surface area contributed by atoms with Crippen LogP contribution in [-0.4, -0.2) is 89.4 Å². The van der Waals surface area contributed by atoms with Crippen molar-refractivity contribution in [1.29, 1.82) is 5.26 Å². The molecule has 0 saturated carbocycles. The number of hydrogen-bond acceptors (Lipinski definition) is 12. The first-order valence-electron chi connectivity index (χ1n) is 23.2. The van der Waals surface area contributed by atoms with Crippen molar-refractivity contribution in [3.63, 3.8) is 0 Å². The van der Waals surface area contributed by atoms with Gasteiger partial charge in [0, 0.05) is 75.0 Å². The molecule has 3 heterocycles. The lowest BCUT2D eigenvalue weighted by Crippen LogP contribution is -2.46. The van der Waals surface area contributed by atoms with Gasteiger partial charge in [0.1, 0.15) is 42.1 Å². The molecule has 1 aliphatic heterocycles. The number of fused-ring (bicyclic) bond motifs is 6. The SMILES string of the molecule is Cc1nc2cc(-c3ccc(C(C)(C)C)cc3)ccn2c1C(=O)C[C@@H](CCN)C(=O)N(C)[C@@H]1C(=O)C[C@@H](C)C(=O)N[C@H](C(=O)CCC#N)Cc2ccc(OCCN)c(c2)-c2cc1ccc2OCCN. The minimum absolute atomic E-state index is 0.00916. The summed E-state index contributed by atoms with van der Waals surface area (Å²) in [5.41, 5.74) is 24.6. The molecule has 0 radical (unpaired) electrons. The highest BCUT2D eigenvalue weighted by Crippen LogP contribution is 2.41. The maximum atomic E-state index is 14.9. The lowest BCUT2D eigenvalue weighted by atomic mass is 9.86. The third-order valence-electron chi connectivity index (χ3n) is 12.5. The van der Waals surface area contributed by atoms with E-state index in [0.717, 1.165) is 11.1 Å². The van der Waals surface area contributed by atoms with Crippen molar-refractivity contribution < 1.29 is 33.4 Å². The number of hydrogen-bond donors (Lipinski definition) is 4. The van der Waals surface area contributed by atoms with Gasteiger partial charge in [0.15, 0.2) is 17.3 Å². The first-order valence-corrected chi connectivity index (χ1v) is 23.2. The molecule has 68 heavy (non-hydrogen) atoms. The van der Waals surface area contributed by atoms with E-state index in [1.54, 1.807) is 48.6 Å². The largest absolute Gasteiger partial charge is 0.492 e. The summed E-state index contributed by atoms with van der Waals surface area (Å²) in [7, 11) is 1.51. The average molecular weight is 925 g/mol. The van der Waals surface area contributed by atoms with Crippen molar-refractivity contribution in [1.82, 2.24) is 19.6 Å². The number of likely N-dealkylation sites (N-methyl/N-ethyl adjacent to an activating group) is 1. The monoisotopic (exact) mass is 924 g/mol. The van der Waals surface area contributed by atoms with Crippen LogP contribution in [0.25, 0.3) is 27.9 Å². The summed E-state index contributed by atoms with van der Waals surface area (Å²) in [5, 5.41) is 12.1. The molecule has 2 aromatic heterocycles. The minimum Gasteiger partial charge on any atom is -0.492 e. The van der Waals surface area contributed by atoms with Gasteiger partial charge in [-0.25, -0.2) is 4.98 Å². The third kappa shape index (κ3) is 11.7. The van der Waals surface area contributed by atoms with Crippen molar-refractivity contribution in [3.8, 4) is 39.8 Å². The van der Waals surface area contributed by atoms with E-state index in [4.69, 9.17) is 31.7 Å². The van der Waals surface area contributed by atoms with E-state index >= 15 is 0 Å². The van der Waals surface area contributed by atoms with Gasteiger partial charge in [-0.15, -0.1) is 0 Å². The first-order chi connectivity index (χ1) is 32.5. The van der Waals surface area contributed by atoms with E-state index < -0.39 is 41.5 Å². The number of Topliss-reactive ketones (excluding diaryl/α,β-unsaturated/α-hetero) is 3. The van der Waals surface area contributed by atoms with E-state index in [1.165, 1.54) is 17.5 Å². The van der Waals surface area contributed by atoms with Gasteiger partial charge in [-0.3, -0.25) is 28.4 Å². The first kappa shape index (κ1) is 50.7. The summed E-state index contributed by atoms with van der Waals surface area (Å²) in [6.07, 6.45) is 1.44. The van der Waals surface area contributed by atoms with Crippen molar-refractivity contribution in [2.45, 2.75) is 90.6 Å². The molecule has 0 saturated heterocycles. The number of nitrogens with one attached hydrogen (secondary N) is 1. The zero-order valence-electron chi connectivity index (χ0n) is 40.0. The molecule has 1 aliphatic rings. The Hall–Kier alpha value is -6.73. The van der Waals surface area contributed by atoms with Crippen molar-refractivity contribution >= 4 is 34.8 Å². The number of aryl methyl sites for hydroxylation is 1. The zero-order valence-corrected chi connectivity index (χ0v) is 40.0. The van der Waals surface area contributed by atoms with Gasteiger partial charge >= 0.3 is 0 Å². The van der Waals surface area contributed by atoms with Crippen molar-refractivity contribution in [2.24, 2.45) is 29.0 Å². The molecule has 15 nitrogen and oxygen atoms in total. The van der Waals surface area contributed by atoms with Gasteiger partial charge in [0.2, 0.25) is 11.8 Å². The van der Waals surface area contributed by atoms with Gasteiger partial charge in [-0.2, -0.15) is 5.26 Å². The molecule has 5 aromatic rings. The molecular weight excluding hydrogens is 861 g/mol. The number of carbonyl (C=O) groups is 5. The summed E-state index contributed by atoms with van der Waals surface area (Å²) in [4.78, 5) is 77.5. The molecular formula is C53H64N8O7. The summed E-state index contributed by atoms with van der Waals surface area (Å²) in [6.45, 7) is 10.7. The number of benzene rings is 3. The fourth-order valence-electron chi connectivity index (χ4n) is 8.80. The van der Waals surface area contributed by atoms with Crippen LogP contribution in [0.3, 0.4) is 0 Å². The number of rotatable bonds is 17. The summed E-state index contributed by atoms with van der Waals surface area (Å²) < 4.78 is 14.0. The second-order valence-electron chi connectivity index (χ2n) is 18.6. The highest BCUT2D eigenvalue weighted by Gasteiger charge is 2.37. The number of ether oxygens (including phenoxy) is 2. The average Bonchev–Trinajstić information content (AvgIpc) is 3.65. The molecule has 0 aliphatic carbocycles. The Morgan fingerprint density at radius 1 is 0.897 bits per heavy atom. The fourth-order valence-corrected chi connectivity index (χ4v) is 8.80. The smallest absolute Gasteiger partial charge is 0.226 e. The quantitative estimate of drug-likeness (QED) is 0.0764. The second-order valence-corrected chi connectivity index (χ2v) is 18.6. The number of carbonyl (C=O) groups excluding carboxylic acids is 5. The maximum Gasteiger partial charge on any atom is 0.226 e. The van der Waals surface area contributed by atoms with Crippen LogP contribution in [0.5, 0.6) is 11.5 Å². The van der Waals surface area contributed by atoms with Gasteiger partial charge in [-0.05, 0) is 95.9 Å². The number of pyridine rings is 1. The van der Waals surface area contributed by atoms with Crippen molar-refractivity contribution in [2.75, 3.05) is 39.9 Å². The standard InChI is InChI=1S/C53H64N8O7/c1-32-26-44(63)50(37-12-16-47(68-25-22-57)41(29-37)40-27-34(9-15-46(40)67-24-21-56)28-42(59-51(32)65)43(62)8-7-19-54)60(6)52(66)38(17-20-55)30-45(64)49-33(2)58-48-31-36(18-23-61(48)49)35-10-13-39(14-11-35)53(3,4)5/h9-16,18,23,27,29,31-32,38,42,50H,7-8,17,20-22,24-26,28,30,55-57H2,1-6H3,(H,59,65)/t32-,38-,42+,50+/m1/s1. The molecule has 358 valence electrons. The molecule has 0 fully saturated rings.